The maximum absolute atomic E-state index is 5.26. The number of nitrogen functional groups attached to an aromatic ring is 1. The van der Waals surface area contributed by atoms with Crippen LogP contribution in [0.4, 0.5) is 6.01 Å². The number of aromatic nitrogens is 4. The van der Waals surface area contributed by atoms with Crippen LogP contribution in [0.5, 0.6) is 0 Å². The first-order valence-corrected chi connectivity index (χ1v) is 3.34. The molecule has 12 heavy (non-hydrogen) atoms. The summed E-state index contributed by atoms with van der Waals surface area (Å²) in [7, 11) is 1.84. The summed E-state index contributed by atoms with van der Waals surface area (Å²) in [5.74, 6) is 1.04. The van der Waals surface area contributed by atoms with Gasteiger partial charge in [-0.25, -0.2) is 4.98 Å². The second-order valence-corrected chi connectivity index (χ2v) is 2.32. The molecular weight excluding hydrogens is 158 g/mol. The molecule has 0 aliphatic rings. The van der Waals surface area contributed by atoms with Gasteiger partial charge in [-0.1, -0.05) is 5.16 Å². The molecule has 0 saturated carbocycles. The van der Waals surface area contributed by atoms with Crippen molar-refractivity contribution in [3.05, 3.63) is 12.4 Å². The zero-order valence-electron chi connectivity index (χ0n) is 6.43. The average molecular weight is 165 g/mol. The van der Waals surface area contributed by atoms with Gasteiger partial charge in [-0.3, -0.25) is 0 Å². The van der Waals surface area contributed by atoms with Crippen LogP contribution in [-0.2, 0) is 7.05 Å². The van der Waals surface area contributed by atoms with Crippen LogP contribution in [0.25, 0.3) is 11.6 Å². The summed E-state index contributed by atoms with van der Waals surface area (Å²) in [6.45, 7) is 0. The SMILES string of the molecule is Cn1ccnc1-c1noc(N)n1. The fraction of sp³-hybridized carbons (Fsp3) is 0.167. The summed E-state index contributed by atoms with van der Waals surface area (Å²) in [5.41, 5.74) is 5.26. The van der Waals surface area contributed by atoms with Gasteiger partial charge in [0.1, 0.15) is 0 Å². The molecule has 2 aromatic rings. The molecule has 62 valence electrons. The number of rotatable bonds is 1. The minimum atomic E-state index is 0.0491. The van der Waals surface area contributed by atoms with Gasteiger partial charge in [-0.15, -0.1) is 0 Å². The highest BCUT2D eigenvalue weighted by Gasteiger charge is 2.09. The molecule has 2 aromatic heterocycles. The first-order chi connectivity index (χ1) is 5.77. The van der Waals surface area contributed by atoms with E-state index in [-0.39, 0.29) is 6.01 Å². The third-order valence-electron chi connectivity index (χ3n) is 1.46. The number of aryl methyl sites for hydroxylation is 1. The number of hydrogen-bond acceptors (Lipinski definition) is 5. The molecule has 0 unspecified atom stereocenters. The summed E-state index contributed by atoms with van der Waals surface area (Å²) in [6.07, 6.45) is 3.45. The number of hydrogen-bond donors (Lipinski definition) is 1. The van der Waals surface area contributed by atoms with E-state index in [1.807, 2.05) is 7.05 Å². The third kappa shape index (κ3) is 0.931. The van der Waals surface area contributed by atoms with Gasteiger partial charge in [-0.05, 0) is 0 Å². The molecule has 6 heteroatoms. The van der Waals surface area contributed by atoms with E-state index in [0.29, 0.717) is 11.6 Å². The van der Waals surface area contributed by atoms with E-state index < -0.39 is 0 Å². The molecule has 0 aliphatic carbocycles. The third-order valence-corrected chi connectivity index (χ3v) is 1.46. The van der Waals surface area contributed by atoms with Crippen molar-refractivity contribution in [2.75, 3.05) is 5.73 Å². The fourth-order valence-electron chi connectivity index (χ4n) is 0.907. The van der Waals surface area contributed by atoms with Crippen molar-refractivity contribution in [2.45, 2.75) is 0 Å². The van der Waals surface area contributed by atoms with Crippen molar-refractivity contribution >= 4 is 6.01 Å². The van der Waals surface area contributed by atoms with Gasteiger partial charge in [0.15, 0.2) is 5.82 Å². The number of nitrogens with zero attached hydrogens (tertiary/aromatic N) is 4. The first kappa shape index (κ1) is 6.84. The molecule has 2 rings (SSSR count). The minimum absolute atomic E-state index is 0.0491. The maximum Gasteiger partial charge on any atom is 0.319 e. The van der Waals surface area contributed by atoms with E-state index in [2.05, 4.69) is 19.6 Å². The Hall–Kier alpha value is -1.85. The summed E-state index contributed by atoms with van der Waals surface area (Å²) in [5, 5.41) is 3.62. The molecule has 0 aliphatic heterocycles. The van der Waals surface area contributed by atoms with Crippen molar-refractivity contribution in [3.63, 3.8) is 0 Å². The lowest BCUT2D eigenvalue weighted by Crippen LogP contribution is -1.93. The lowest BCUT2D eigenvalue weighted by molar-refractivity contribution is 0.436. The lowest BCUT2D eigenvalue weighted by Gasteiger charge is -1.92. The van der Waals surface area contributed by atoms with Crippen LogP contribution in [0, 0.1) is 0 Å². The lowest BCUT2D eigenvalue weighted by atomic mass is 10.6. The van der Waals surface area contributed by atoms with Crippen LogP contribution >= 0.6 is 0 Å². The number of nitrogens with two attached hydrogens (primary N) is 1. The minimum Gasteiger partial charge on any atom is -0.351 e. The van der Waals surface area contributed by atoms with Crippen molar-refractivity contribution in [1.82, 2.24) is 19.7 Å². The topological polar surface area (TPSA) is 82.8 Å². The quantitative estimate of drug-likeness (QED) is 0.645. The standard InChI is InChI=1S/C6H7N5O/c1-11-3-2-8-5(11)4-9-6(7)12-10-4/h2-3H,1H3,(H2,7,9,10). The zero-order chi connectivity index (χ0) is 8.55. The summed E-state index contributed by atoms with van der Waals surface area (Å²) >= 11 is 0. The van der Waals surface area contributed by atoms with Crippen molar-refractivity contribution < 1.29 is 4.52 Å². The molecule has 0 saturated heterocycles. The highest BCUT2D eigenvalue weighted by atomic mass is 16.5. The summed E-state index contributed by atoms with van der Waals surface area (Å²) in [6, 6.07) is 0.0491. The normalized spacial score (nSPS) is 10.4. The Morgan fingerprint density at radius 2 is 2.42 bits per heavy atom. The van der Waals surface area contributed by atoms with Crippen LogP contribution < -0.4 is 5.73 Å². The number of imidazole rings is 1. The van der Waals surface area contributed by atoms with Gasteiger partial charge < -0.3 is 14.8 Å². The van der Waals surface area contributed by atoms with E-state index in [1.165, 1.54) is 0 Å². The van der Waals surface area contributed by atoms with Crippen LogP contribution in [0.3, 0.4) is 0 Å². The zero-order valence-corrected chi connectivity index (χ0v) is 6.43. The Bertz CT molecular complexity index is 390. The predicted molar refractivity (Wildman–Crippen MR) is 40.9 cm³/mol. The van der Waals surface area contributed by atoms with Crippen LogP contribution in [-0.4, -0.2) is 19.7 Å². The molecule has 0 amide bonds. The highest BCUT2D eigenvalue weighted by molar-refractivity contribution is 5.43. The molecule has 2 heterocycles. The second-order valence-electron chi connectivity index (χ2n) is 2.32. The van der Waals surface area contributed by atoms with Crippen LogP contribution in [0.1, 0.15) is 0 Å². The van der Waals surface area contributed by atoms with Crippen molar-refractivity contribution in [3.8, 4) is 11.6 Å². The molecule has 0 atom stereocenters. The van der Waals surface area contributed by atoms with Gasteiger partial charge in [0, 0.05) is 19.4 Å². The molecule has 0 fully saturated rings. The van der Waals surface area contributed by atoms with Crippen LogP contribution in [0.2, 0.25) is 0 Å². The molecule has 0 radical (unpaired) electrons. The van der Waals surface area contributed by atoms with Crippen molar-refractivity contribution in [1.29, 1.82) is 0 Å². The fourth-order valence-corrected chi connectivity index (χ4v) is 0.907. The Morgan fingerprint density at radius 3 is 2.92 bits per heavy atom. The molecule has 6 nitrogen and oxygen atoms in total. The number of anilines is 1. The van der Waals surface area contributed by atoms with Gasteiger partial charge in [0.25, 0.3) is 0 Å². The van der Waals surface area contributed by atoms with E-state index in [4.69, 9.17) is 5.73 Å². The van der Waals surface area contributed by atoms with Crippen molar-refractivity contribution in [2.24, 2.45) is 7.05 Å². The monoisotopic (exact) mass is 165 g/mol. The predicted octanol–water partition coefficient (Wildman–Crippen LogP) is 0.0523. The highest BCUT2D eigenvalue weighted by Crippen LogP contribution is 2.12. The van der Waals surface area contributed by atoms with E-state index in [0.717, 1.165) is 0 Å². The largest absolute Gasteiger partial charge is 0.351 e. The summed E-state index contributed by atoms with van der Waals surface area (Å²) < 4.78 is 6.39. The van der Waals surface area contributed by atoms with E-state index in [9.17, 15) is 0 Å². The Labute approximate surface area is 68.0 Å². The Balaban J connectivity index is 2.50. The molecule has 0 aromatic carbocycles. The first-order valence-electron chi connectivity index (χ1n) is 3.34. The smallest absolute Gasteiger partial charge is 0.319 e. The van der Waals surface area contributed by atoms with E-state index in [1.54, 1.807) is 17.0 Å². The molecular formula is C6H7N5O. The Kier molecular flexibility index (Phi) is 1.33. The van der Waals surface area contributed by atoms with Gasteiger partial charge in [0.05, 0.1) is 0 Å². The molecule has 0 spiro atoms. The van der Waals surface area contributed by atoms with Gasteiger partial charge in [0.2, 0.25) is 5.82 Å². The van der Waals surface area contributed by atoms with Gasteiger partial charge >= 0.3 is 6.01 Å². The van der Waals surface area contributed by atoms with E-state index >= 15 is 0 Å². The maximum atomic E-state index is 5.26. The van der Waals surface area contributed by atoms with Crippen LogP contribution in [0.15, 0.2) is 16.9 Å². The second kappa shape index (κ2) is 2.33. The van der Waals surface area contributed by atoms with Gasteiger partial charge in [-0.2, -0.15) is 4.98 Å². The molecule has 0 bridgehead atoms. The molecule has 2 N–H and O–H groups in total. The average Bonchev–Trinajstić information content (AvgIpc) is 2.58. The Morgan fingerprint density at radius 1 is 1.58 bits per heavy atom. The summed E-state index contributed by atoms with van der Waals surface area (Å²) in [4.78, 5) is 7.85.